The van der Waals surface area contributed by atoms with E-state index < -0.39 is 0 Å². The van der Waals surface area contributed by atoms with E-state index in [2.05, 4.69) is 200 Å². The van der Waals surface area contributed by atoms with Gasteiger partial charge in [0.2, 0.25) is 0 Å². The highest BCUT2D eigenvalue weighted by atomic mass is 15.1. The van der Waals surface area contributed by atoms with Crippen molar-refractivity contribution >= 4 is 0 Å². The van der Waals surface area contributed by atoms with Crippen LogP contribution in [-0.4, -0.2) is 9.97 Å². The highest BCUT2D eigenvalue weighted by molar-refractivity contribution is 5.40. The summed E-state index contributed by atoms with van der Waals surface area (Å²) in [6.07, 6.45) is 33.2. The Morgan fingerprint density at radius 2 is 0.862 bits per heavy atom. The molecule has 0 aliphatic heterocycles. The zero-order valence-corrected chi connectivity index (χ0v) is 41.3. The van der Waals surface area contributed by atoms with Crippen LogP contribution in [-0.2, 0) is 36.8 Å². The molecule has 0 aliphatic rings. The summed E-state index contributed by atoms with van der Waals surface area (Å²) >= 11 is 0. The van der Waals surface area contributed by atoms with Gasteiger partial charge in [-0.2, -0.15) is 0 Å². The number of hydrogen-bond acceptors (Lipinski definition) is 0. The maximum absolute atomic E-state index is 4.07. The molecule has 4 aromatic carbocycles. The Kier molecular flexibility index (Phi) is 20.2. The van der Waals surface area contributed by atoms with Crippen LogP contribution in [0.2, 0.25) is 0 Å². The van der Waals surface area contributed by atoms with Gasteiger partial charge >= 0.3 is 0 Å². The van der Waals surface area contributed by atoms with Crippen LogP contribution < -0.4 is 9.13 Å². The Balaban J connectivity index is 1.53. The van der Waals surface area contributed by atoms with Crippen molar-refractivity contribution in [3.63, 3.8) is 0 Å². The fourth-order valence-electron chi connectivity index (χ4n) is 11.7. The zero-order valence-electron chi connectivity index (χ0n) is 41.3. The van der Waals surface area contributed by atoms with Crippen LogP contribution in [0.5, 0.6) is 0 Å². The topological polar surface area (TPSA) is 39.3 Å². The number of imidazole rings is 2. The minimum atomic E-state index is -0.367. The normalized spacial score (nSPS) is 15.0. The third-order valence-corrected chi connectivity index (χ3v) is 15.3. The molecule has 6 rings (SSSR count). The first-order valence-corrected chi connectivity index (χ1v) is 26.3. The van der Waals surface area contributed by atoms with E-state index in [1.807, 2.05) is 0 Å². The Labute approximate surface area is 395 Å². The predicted molar refractivity (Wildman–Crippen MR) is 274 cm³/mol. The van der Waals surface area contributed by atoms with E-state index >= 15 is 0 Å². The van der Waals surface area contributed by atoms with E-state index in [4.69, 9.17) is 0 Å². The summed E-state index contributed by atoms with van der Waals surface area (Å²) in [6, 6.07) is 46.1. The molecule has 65 heavy (non-hydrogen) atoms. The van der Waals surface area contributed by atoms with Gasteiger partial charge < -0.3 is 0 Å². The van der Waals surface area contributed by atoms with Crippen molar-refractivity contribution in [2.24, 2.45) is 5.92 Å². The van der Waals surface area contributed by atoms with Crippen molar-refractivity contribution in [2.75, 3.05) is 0 Å². The number of aromatic amines is 2. The molecule has 5 atom stereocenters. The monoisotopic (exact) mass is 875 g/mol. The van der Waals surface area contributed by atoms with Crippen molar-refractivity contribution in [3.05, 3.63) is 180 Å². The molecule has 4 heteroatoms. The van der Waals surface area contributed by atoms with Crippen molar-refractivity contribution in [1.29, 1.82) is 0 Å². The molecule has 0 saturated carbocycles. The minimum absolute atomic E-state index is 0.0999. The molecule has 0 bridgehead atoms. The lowest BCUT2D eigenvalue weighted by Crippen LogP contribution is -2.55. The highest BCUT2D eigenvalue weighted by Gasteiger charge is 2.58. The van der Waals surface area contributed by atoms with Crippen molar-refractivity contribution < 1.29 is 9.13 Å². The molecule has 5 unspecified atom stereocenters. The number of nitrogens with zero attached hydrogens (tertiary/aromatic N) is 2. The number of aryl methyl sites for hydroxylation is 2. The first-order chi connectivity index (χ1) is 32.0. The summed E-state index contributed by atoms with van der Waals surface area (Å²) in [5, 5.41) is 0. The summed E-state index contributed by atoms with van der Waals surface area (Å²) in [7, 11) is 0. The minimum Gasteiger partial charge on any atom is -0.247 e. The third kappa shape index (κ3) is 13.2. The van der Waals surface area contributed by atoms with E-state index in [9.17, 15) is 0 Å². The van der Waals surface area contributed by atoms with Gasteiger partial charge in [-0.25, -0.2) is 19.1 Å². The molecule has 6 aromatic rings. The highest BCUT2D eigenvalue weighted by Crippen LogP contribution is 2.58. The van der Waals surface area contributed by atoms with Gasteiger partial charge in [0.25, 0.3) is 11.6 Å². The van der Waals surface area contributed by atoms with Gasteiger partial charge in [0.05, 0.1) is 24.9 Å². The average Bonchev–Trinajstić information content (AvgIpc) is 4.02. The lowest BCUT2D eigenvalue weighted by Gasteiger charge is -2.51. The van der Waals surface area contributed by atoms with Crippen LogP contribution in [0, 0.1) is 5.92 Å². The molecule has 0 saturated heterocycles. The first-order valence-electron chi connectivity index (χ1n) is 26.3. The van der Waals surface area contributed by atoms with Gasteiger partial charge in [-0.15, -0.1) is 0 Å². The lowest BCUT2D eigenvalue weighted by molar-refractivity contribution is -0.707. The van der Waals surface area contributed by atoms with Crippen molar-refractivity contribution in [1.82, 2.24) is 9.97 Å². The molecule has 0 fully saturated rings. The standard InChI is InChI=1S/C61H84N4/c1-6-9-11-13-15-17-19-33-45-64-47-43-62-58(64)51(4)61(55-41-31-24-32-42-55,50-53-37-27-22-28-38-53)57(59-63-44-48-65(59)46-34-20-18-16-14-12-10-7-2)56(8-3)60(5,54-39-29-23-30-40-54)49-52-35-25-21-26-36-52/h21-32,35-44,47-48,51,56-57H,6-20,33-34,45-46,49-50H2,1-5H3/p+2. The number of nitrogens with one attached hydrogen (secondary N) is 2. The number of rotatable bonds is 31. The van der Waals surface area contributed by atoms with Crippen LogP contribution in [0.25, 0.3) is 0 Å². The van der Waals surface area contributed by atoms with E-state index in [-0.39, 0.29) is 28.6 Å². The van der Waals surface area contributed by atoms with Crippen LogP contribution in [0.3, 0.4) is 0 Å². The number of benzene rings is 4. The Morgan fingerprint density at radius 3 is 1.34 bits per heavy atom. The molecule has 0 radical (unpaired) electrons. The van der Waals surface area contributed by atoms with Crippen LogP contribution in [0.1, 0.15) is 190 Å². The molecular weight excluding hydrogens is 789 g/mol. The van der Waals surface area contributed by atoms with E-state index in [0.29, 0.717) is 0 Å². The summed E-state index contributed by atoms with van der Waals surface area (Å²) in [5.74, 6) is 3.17. The summed E-state index contributed by atoms with van der Waals surface area (Å²) < 4.78 is 5.24. The molecule has 348 valence electrons. The average molecular weight is 875 g/mol. The molecular formula is C61H86N4+2. The number of hydrogen-bond donors (Lipinski definition) is 2. The zero-order chi connectivity index (χ0) is 45.6. The number of unbranched alkanes of at least 4 members (excludes halogenated alkanes) is 14. The fourth-order valence-corrected chi connectivity index (χ4v) is 11.7. The first kappa shape index (κ1) is 49.7. The second-order valence-electron chi connectivity index (χ2n) is 19.8. The molecule has 4 nitrogen and oxygen atoms in total. The molecule has 2 heterocycles. The Morgan fingerprint density at radius 1 is 0.462 bits per heavy atom. The smallest absolute Gasteiger partial charge is 0.247 e. The van der Waals surface area contributed by atoms with Crippen molar-refractivity contribution in [3.8, 4) is 0 Å². The molecule has 0 amide bonds. The third-order valence-electron chi connectivity index (χ3n) is 15.3. The summed E-state index contributed by atoms with van der Waals surface area (Å²) in [4.78, 5) is 8.01. The van der Waals surface area contributed by atoms with Crippen molar-refractivity contribution in [2.45, 2.75) is 192 Å². The van der Waals surface area contributed by atoms with E-state index in [1.54, 1.807) is 0 Å². The predicted octanol–water partition coefficient (Wildman–Crippen LogP) is 15.5. The van der Waals surface area contributed by atoms with E-state index in [0.717, 1.165) is 32.4 Å². The maximum Gasteiger partial charge on any atom is 0.258 e. The quantitative estimate of drug-likeness (QED) is 0.0323. The molecule has 2 aromatic heterocycles. The lowest BCUT2D eigenvalue weighted by atomic mass is 9.50. The van der Waals surface area contributed by atoms with Gasteiger partial charge in [0.1, 0.15) is 24.8 Å². The van der Waals surface area contributed by atoms with Gasteiger partial charge in [-0.3, -0.25) is 0 Å². The molecule has 0 spiro atoms. The van der Waals surface area contributed by atoms with Crippen LogP contribution in [0.15, 0.2) is 146 Å². The number of H-pyrrole nitrogens is 2. The van der Waals surface area contributed by atoms with Gasteiger partial charge in [0, 0.05) is 10.8 Å². The maximum atomic E-state index is 4.07. The second kappa shape index (κ2) is 26.4. The van der Waals surface area contributed by atoms with Crippen LogP contribution in [0.4, 0.5) is 0 Å². The molecule has 0 aliphatic carbocycles. The second-order valence-corrected chi connectivity index (χ2v) is 19.8. The number of aromatic nitrogens is 4. The summed E-state index contributed by atoms with van der Waals surface area (Å²) in [5.41, 5.74) is 5.03. The Hall–Kier alpha value is -4.70. The molecule has 2 N–H and O–H groups in total. The van der Waals surface area contributed by atoms with Gasteiger partial charge in [-0.1, -0.05) is 239 Å². The van der Waals surface area contributed by atoms with Crippen LogP contribution >= 0.6 is 0 Å². The van der Waals surface area contributed by atoms with E-state index in [1.165, 1.54) is 137 Å². The van der Waals surface area contributed by atoms with Gasteiger partial charge in [0.15, 0.2) is 0 Å². The largest absolute Gasteiger partial charge is 0.258 e. The SMILES string of the molecule is CCCCCCCCCC[n+]1cc[nH]c1C(C)C(Cc1ccccc1)(c1ccccc1)C(c1[nH]cc[n+]1CCCCCCCCCC)C(CC)C(C)(Cc1ccccc1)c1ccccc1. The Bertz CT molecular complexity index is 2140. The fraction of sp³-hybridized carbons (Fsp3) is 0.508. The summed E-state index contributed by atoms with van der Waals surface area (Å²) in [6.45, 7) is 14.3. The van der Waals surface area contributed by atoms with Gasteiger partial charge in [-0.05, 0) is 66.7 Å².